The maximum absolute atomic E-state index is 12.0. The molecule has 4 heteroatoms. The topological polar surface area (TPSA) is 42.2 Å². The molecule has 0 aliphatic heterocycles. The molecule has 102 valence electrons. The standard InChI is InChI=1S/C15H18ClNO2/c1-10-3-4-13-12(7-10)8-14(19-13)15(18)17-9-11(2)5-6-16/h3-4,7-8,11H,5-6,9H2,1-2H3,(H,17,18). The van der Waals surface area contributed by atoms with Crippen molar-refractivity contribution in [1.29, 1.82) is 0 Å². The number of hydrogen-bond acceptors (Lipinski definition) is 2. The molecular formula is C15H18ClNO2. The molecule has 0 spiro atoms. The summed E-state index contributed by atoms with van der Waals surface area (Å²) in [5.74, 6) is 1.17. The van der Waals surface area contributed by atoms with E-state index in [9.17, 15) is 4.79 Å². The molecule has 1 amide bonds. The van der Waals surface area contributed by atoms with E-state index < -0.39 is 0 Å². The molecule has 1 unspecified atom stereocenters. The number of aryl methyl sites for hydroxylation is 1. The number of furan rings is 1. The first-order valence-corrected chi connectivity index (χ1v) is 6.98. The van der Waals surface area contributed by atoms with Gasteiger partial charge in [0.05, 0.1) is 0 Å². The molecule has 1 atom stereocenters. The van der Waals surface area contributed by atoms with E-state index in [0.29, 0.717) is 24.1 Å². The SMILES string of the molecule is Cc1ccc2oc(C(=O)NCC(C)CCCl)cc2c1. The van der Waals surface area contributed by atoms with Crippen molar-refractivity contribution in [3.63, 3.8) is 0 Å². The van der Waals surface area contributed by atoms with Gasteiger partial charge < -0.3 is 9.73 Å². The summed E-state index contributed by atoms with van der Waals surface area (Å²) in [6.45, 7) is 4.69. The summed E-state index contributed by atoms with van der Waals surface area (Å²) in [6, 6.07) is 7.64. The number of hydrogen-bond donors (Lipinski definition) is 1. The minimum atomic E-state index is -0.171. The van der Waals surface area contributed by atoms with E-state index in [0.717, 1.165) is 23.0 Å². The number of alkyl halides is 1. The van der Waals surface area contributed by atoms with Crippen LogP contribution >= 0.6 is 11.6 Å². The highest BCUT2D eigenvalue weighted by Crippen LogP contribution is 2.20. The molecule has 0 saturated carbocycles. The Morgan fingerprint density at radius 2 is 2.21 bits per heavy atom. The second-order valence-electron chi connectivity index (χ2n) is 4.94. The van der Waals surface area contributed by atoms with Crippen molar-refractivity contribution >= 4 is 28.5 Å². The van der Waals surface area contributed by atoms with Crippen molar-refractivity contribution in [2.24, 2.45) is 5.92 Å². The molecule has 0 saturated heterocycles. The van der Waals surface area contributed by atoms with Crippen molar-refractivity contribution in [1.82, 2.24) is 5.32 Å². The Labute approximate surface area is 117 Å². The molecule has 1 aromatic carbocycles. The number of halogens is 1. The van der Waals surface area contributed by atoms with Gasteiger partial charge in [-0.2, -0.15) is 0 Å². The second kappa shape index (κ2) is 6.11. The lowest BCUT2D eigenvalue weighted by molar-refractivity contribution is 0.0922. The number of amides is 1. The number of rotatable bonds is 5. The molecule has 0 fully saturated rings. The molecule has 2 aromatic rings. The summed E-state index contributed by atoms with van der Waals surface area (Å²) in [6.07, 6.45) is 0.890. The van der Waals surface area contributed by atoms with Crippen LogP contribution in [0.15, 0.2) is 28.7 Å². The Morgan fingerprint density at radius 3 is 2.95 bits per heavy atom. The molecule has 0 aliphatic rings. The van der Waals surface area contributed by atoms with Gasteiger partial charge in [-0.3, -0.25) is 4.79 Å². The van der Waals surface area contributed by atoms with Gasteiger partial charge in [-0.05, 0) is 37.5 Å². The average molecular weight is 280 g/mol. The van der Waals surface area contributed by atoms with E-state index in [4.69, 9.17) is 16.0 Å². The fourth-order valence-electron chi connectivity index (χ4n) is 1.92. The first-order valence-electron chi connectivity index (χ1n) is 6.44. The van der Waals surface area contributed by atoms with E-state index in [1.165, 1.54) is 0 Å². The summed E-state index contributed by atoms with van der Waals surface area (Å²) >= 11 is 5.67. The van der Waals surface area contributed by atoms with Crippen LogP contribution in [0, 0.1) is 12.8 Å². The zero-order valence-corrected chi connectivity index (χ0v) is 12.0. The summed E-state index contributed by atoms with van der Waals surface area (Å²) < 4.78 is 5.54. The second-order valence-corrected chi connectivity index (χ2v) is 5.32. The smallest absolute Gasteiger partial charge is 0.287 e. The summed E-state index contributed by atoms with van der Waals surface area (Å²) in [4.78, 5) is 12.0. The van der Waals surface area contributed by atoms with Gasteiger partial charge in [-0.1, -0.05) is 18.6 Å². The van der Waals surface area contributed by atoms with Gasteiger partial charge in [0.1, 0.15) is 5.58 Å². The first-order chi connectivity index (χ1) is 9.10. The first kappa shape index (κ1) is 13.9. The number of fused-ring (bicyclic) bond motifs is 1. The van der Waals surface area contributed by atoms with E-state index in [1.807, 2.05) is 25.1 Å². The number of benzene rings is 1. The Kier molecular flexibility index (Phi) is 4.48. The van der Waals surface area contributed by atoms with Gasteiger partial charge in [0.15, 0.2) is 5.76 Å². The summed E-state index contributed by atoms with van der Waals surface area (Å²) in [5.41, 5.74) is 1.89. The lowest BCUT2D eigenvalue weighted by Gasteiger charge is -2.09. The van der Waals surface area contributed by atoms with Crippen LogP contribution in [0.25, 0.3) is 11.0 Å². The number of carbonyl (C=O) groups is 1. The lowest BCUT2D eigenvalue weighted by Crippen LogP contribution is -2.28. The van der Waals surface area contributed by atoms with Crippen LogP contribution in [0.3, 0.4) is 0 Å². The molecule has 0 radical (unpaired) electrons. The molecule has 1 N–H and O–H groups in total. The van der Waals surface area contributed by atoms with Gasteiger partial charge in [-0.25, -0.2) is 0 Å². The normalized spacial score (nSPS) is 12.6. The molecule has 0 aliphatic carbocycles. The van der Waals surface area contributed by atoms with Crippen molar-refractivity contribution in [2.75, 3.05) is 12.4 Å². The van der Waals surface area contributed by atoms with Crippen LogP contribution in [-0.2, 0) is 0 Å². The van der Waals surface area contributed by atoms with Gasteiger partial charge >= 0.3 is 0 Å². The number of carbonyl (C=O) groups excluding carboxylic acids is 1. The van der Waals surface area contributed by atoms with E-state index in [-0.39, 0.29) is 5.91 Å². The van der Waals surface area contributed by atoms with Gasteiger partial charge in [0.25, 0.3) is 5.91 Å². The maximum atomic E-state index is 12.0. The molecule has 1 aromatic heterocycles. The zero-order chi connectivity index (χ0) is 13.8. The Bertz CT molecular complexity index is 577. The van der Waals surface area contributed by atoms with Crippen LogP contribution in [-0.4, -0.2) is 18.3 Å². The third-order valence-corrected chi connectivity index (χ3v) is 3.33. The Balaban J connectivity index is 2.05. The molecule has 1 heterocycles. The summed E-state index contributed by atoms with van der Waals surface area (Å²) in [5, 5.41) is 3.83. The molecule has 0 bridgehead atoms. The monoisotopic (exact) mass is 279 g/mol. The average Bonchev–Trinajstić information content (AvgIpc) is 2.79. The van der Waals surface area contributed by atoms with Crippen molar-refractivity contribution in [2.45, 2.75) is 20.3 Å². The Hall–Kier alpha value is -1.48. The van der Waals surface area contributed by atoms with E-state index >= 15 is 0 Å². The minimum Gasteiger partial charge on any atom is -0.451 e. The highest BCUT2D eigenvalue weighted by molar-refractivity contribution is 6.17. The van der Waals surface area contributed by atoms with Crippen LogP contribution in [0.5, 0.6) is 0 Å². The van der Waals surface area contributed by atoms with Gasteiger partial charge in [0, 0.05) is 17.8 Å². The highest BCUT2D eigenvalue weighted by atomic mass is 35.5. The van der Waals surface area contributed by atoms with Crippen LogP contribution < -0.4 is 5.32 Å². The fraction of sp³-hybridized carbons (Fsp3) is 0.400. The van der Waals surface area contributed by atoms with Gasteiger partial charge in [0.2, 0.25) is 0 Å². The number of nitrogens with one attached hydrogen (secondary N) is 1. The highest BCUT2D eigenvalue weighted by Gasteiger charge is 2.13. The quantitative estimate of drug-likeness (QED) is 0.847. The molecule has 3 nitrogen and oxygen atoms in total. The molecule has 2 rings (SSSR count). The van der Waals surface area contributed by atoms with Crippen LogP contribution in [0.1, 0.15) is 29.5 Å². The van der Waals surface area contributed by atoms with E-state index in [1.54, 1.807) is 6.07 Å². The zero-order valence-electron chi connectivity index (χ0n) is 11.2. The van der Waals surface area contributed by atoms with Crippen molar-refractivity contribution in [3.05, 3.63) is 35.6 Å². The fourth-order valence-corrected chi connectivity index (χ4v) is 2.29. The molecular weight excluding hydrogens is 262 g/mol. The van der Waals surface area contributed by atoms with E-state index in [2.05, 4.69) is 12.2 Å². The third-order valence-electron chi connectivity index (χ3n) is 3.11. The Morgan fingerprint density at radius 1 is 1.42 bits per heavy atom. The third kappa shape index (κ3) is 3.51. The summed E-state index contributed by atoms with van der Waals surface area (Å²) in [7, 11) is 0. The molecule has 19 heavy (non-hydrogen) atoms. The lowest BCUT2D eigenvalue weighted by atomic mass is 10.1. The predicted octanol–water partition coefficient (Wildman–Crippen LogP) is 3.74. The van der Waals surface area contributed by atoms with Crippen molar-refractivity contribution < 1.29 is 9.21 Å². The largest absolute Gasteiger partial charge is 0.451 e. The van der Waals surface area contributed by atoms with Crippen molar-refractivity contribution in [3.8, 4) is 0 Å². The van der Waals surface area contributed by atoms with Gasteiger partial charge in [-0.15, -0.1) is 11.6 Å². The predicted molar refractivity (Wildman–Crippen MR) is 77.8 cm³/mol. The van der Waals surface area contributed by atoms with Crippen LogP contribution in [0.2, 0.25) is 0 Å². The minimum absolute atomic E-state index is 0.171. The maximum Gasteiger partial charge on any atom is 0.287 e. The van der Waals surface area contributed by atoms with Crippen LogP contribution in [0.4, 0.5) is 0 Å².